The molecule has 9 nitrogen and oxygen atoms in total. The van der Waals surface area contributed by atoms with Crippen LogP contribution >= 0.6 is 11.6 Å². The van der Waals surface area contributed by atoms with E-state index in [-0.39, 0.29) is 5.91 Å². The van der Waals surface area contributed by atoms with Crippen molar-refractivity contribution >= 4 is 29.1 Å². The first-order chi connectivity index (χ1) is 14.2. The molecule has 1 aliphatic rings. The number of amides is 1. The van der Waals surface area contributed by atoms with E-state index in [1.807, 2.05) is 0 Å². The molecule has 1 aromatic carbocycles. The lowest BCUT2D eigenvalue weighted by Crippen LogP contribution is -2.40. The molecule has 150 valence electrons. The van der Waals surface area contributed by atoms with Crippen molar-refractivity contribution in [3.8, 4) is 17.0 Å². The van der Waals surface area contributed by atoms with Gasteiger partial charge in [-0.05, 0) is 18.2 Å². The lowest BCUT2D eigenvalue weighted by atomic mass is 10.1. The van der Waals surface area contributed by atoms with Gasteiger partial charge in [0.2, 0.25) is 5.95 Å². The fraction of sp³-hybridized carbons (Fsp3) is 0.263. The number of nitrogens with zero attached hydrogens (tertiary/aromatic N) is 4. The van der Waals surface area contributed by atoms with Crippen LogP contribution in [-0.2, 0) is 4.74 Å². The Bertz CT molecular complexity index is 1010. The quantitative estimate of drug-likeness (QED) is 0.661. The molecule has 0 radical (unpaired) electrons. The minimum atomic E-state index is -0.0527. The van der Waals surface area contributed by atoms with Gasteiger partial charge in [0.15, 0.2) is 0 Å². The first-order valence-electron chi connectivity index (χ1n) is 8.99. The zero-order valence-electron chi connectivity index (χ0n) is 15.7. The molecule has 2 aromatic heterocycles. The molecule has 0 saturated carbocycles. The Morgan fingerprint density at radius 3 is 2.86 bits per heavy atom. The minimum Gasteiger partial charge on any atom is -0.495 e. The molecule has 2 N–H and O–H groups in total. The summed E-state index contributed by atoms with van der Waals surface area (Å²) in [5.74, 6) is 0.798. The van der Waals surface area contributed by atoms with Crippen LogP contribution in [0.1, 0.15) is 10.4 Å². The Balaban J connectivity index is 1.58. The lowest BCUT2D eigenvalue weighted by molar-refractivity contribution is 0.0302. The van der Waals surface area contributed by atoms with Crippen LogP contribution in [0.15, 0.2) is 36.8 Å². The van der Waals surface area contributed by atoms with Crippen molar-refractivity contribution in [1.82, 2.24) is 25.1 Å². The lowest BCUT2D eigenvalue weighted by Gasteiger charge is -2.27. The number of halogens is 1. The number of morpholine rings is 1. The number of carbonyl (C=O) groups excluding carboxylic acids is 1. The van der Waals surface area contributed by atoms with Gasteiger partial charge in [-0.1, -0.05) is 11.6 Å². The molecule has 4 rings (SSSR count). The SMILES string of the molecule is COc1cc(C(=O)N2CCOCC2)ccc1Nc1ncc(Cl)c(-c2cn[nH]c2)n1. The standard InChI is InChI=1S/C19H19ClN6O3/c1-28-16-8-12(18(27)26-4-6-29-7-5-26)2-3-15(16)24-19-21-11-14(20)17(25-19)13-9-22-23-10-13/h2-3,8-11H,4-7H2,1H3,(H,22,23)(H,21,24,25). The third-order valence-electron chi connectivity index (χ3n) is 4.51. The van der Waals surface area contributed by atoms with Crippen molar-refractivity contribution in [2.75, 3.05) is 38.7 Å². The second-order valence-corrected chi connectivity index (χ2v) is 6.73. The van der Waals surface area contributed by atoms with Gasteiger partial charge >= 0.3 is 0 Å². The molecule has 0 spiro atoms. The molecular formula is C19H19ClN6O3. The van der Waals surface area contributed by atoms with E-state index in [4.69, 9.17) is 21.1 Å². The molecule has 29 heavy (non-hydrogen) atoms. The summed E-state index contributed by atoms with van der Waals surface area (Å²) in [5.41, 5.74) is 2.48. The molecular weight excluding hydrogens is 396 g/mol. The second-order valence-electron chi connectivity index (χ2n) is 6.32. The van der Waals surface area contributed by atoms with Gasteiger partial charge in [-0.2, -0.15) is 5.10 Å². The number of aromatic nitrogens is 4. The predicted octanol–water partition coefficient (Wildman–Crippen LogP) is 2.74. The predicted molar refractivity (Wildman–Crippen MR) is 108 cm³/mol. The van der Waals surface area contributed by atoms with Gasteiger partial charge in [0.25, 0.3) is 5.91 Å². The molecule has 1 amide bonds. The summed E-state index contributed by atoms with van der Waals surface area (Å²) in [6.07, 6.45) is 4.84. The number of benzene rings is 1. The Kier molecular flexibility index (Phi) is 5.59. The molecule has 3 aromatic rings. The molecule has 1 fully saturated rings. The first kappa shape index (κ1) is 19.2. The highest BCUT2D eigenvalue weighted by Crippen LogP contribution is 2.30. The van der Waals surface area contributed by atoms with Crippen LogP contribution in [0.25, 0.3) is 11.3 Å². The van der Waals surface area contributed by atoms with Gasteiger partial charge in [-0.3, -0.25) is 9.89 Å². The van der Waals surface area contributed by atoms with Crippen molar-refractivity contribution in [3.05, 3.63) is 47.4 Å². The fourth-order valence-corrected chi connectivity index (χ4v) is 3.21. The highest BCUT2D eigenvalue weighted by molar-refractivity contribution is 6.32. The summed E-state index contributed by atoms with van der Waals surface area (Å²) in [6.45, 7) is 2.26. The number of nitrogens with one attached hydrogen (secondary N) is 2. The third kappa shape index (κ3) is 4.15. The van der Waals surface area contributed by atoms with Crippen molar-refractivity contribution in [2.24, 2.45) is 0 Å². The van der Waals surface area contributed by atoms with Crippen LogP contribution in [0.2, 0.25) is 5.02 Å². The van der Waals surface area contributed by atoms with Gasteiger partial charge in [0.05, 0.1) is 49.1 Å². The maximum Gasteiger partial charge on any atom is 0.254 e. The summed E-state index contributed by atoms with van der Waals surface area (Å²) in [6, 6.07) is 5.21. The van der Waals surface area contributed by atoms with Crippen LogP contribution in [0, 0.1) is 0 Å². The number of rotatable bonds is 5. The van der Waals surface area contributed by atoms with E-state index in [0.29, 0.717) is 60.0 Å². The summed E-state index contributed by atoms with van der Waals surface area (Å²) >= 11 is 6.21. The molecule has 0 aliphatic carbocycles. The van der Waals surface area contributed by atoms with Crippen LogP contribution < -0.4 is 10.1 Å². The van der Waals surface area contributed by atoms with E-state index in [2.05, 4.69) is 25.5 Å². The van der Waals surface area contributed by atoms with Crippen LogP contribution in [0.5, 0.6) is 5.75 Å². The number of methoxy groups -OCH3 is 1. The molecule has 0 atom stereocenters. The number of anilines is 2. The monoisotopic (exact) mass is 414 g/mol. The number of hydrogen-bond donors (Lipinski definition) is 2. The summed E-state index contributed by atoms with van der Waals surface area (Å²) in [5, 5.41) is 10.2. The van der Waals surface area contributed by atoms with Crippen LogP contribution in [0.3, 0.4) is 0 Å². The van der Waals surface area contributed by atoms with Crippen molar-refractivity contribution < 1.29 is 14.3 Å². The Labute approximate surface area is 172 Å². The van der Waals surface area contributed by atoms with Gasteiger partial charge in [0.1, 0.15) is 5.75 Å². The van der Waals surface area contributed by atoms with Crippen molar-refractivity contribution in [3.63, 3.8) is 0 Å². The second kappa shape index (κ2) is 8.46. The zero-order valence-corrected chi connectivity index (χ0v) is 16.4. The number of aromatic amines is 1. The van der Waals surface area contributed by atoms with Crippen molar-refractivity contribution in [1.29, 1.82) is 0 Å². The summed E-state index contributed by atoms with van der Waals surface area (Å²) in [7, 11) is 1.54. The molecule has 3 heterocycles. The fourth-order valence-electron chi connectivity index (χ4n) is 3.01. The van der Waals surface area contributed by atoms with Crippen LogP contribution in [0.4, 0.5) is 11.6 Å². The van der Waals surface area contributed by atoms with E-state index in [0.717, 1.165) is 5.56 Å². The first-order valence-corrected chi connectivity index (χ1v) is 9.37. The average molecular weight is 415 g/mol. The minimum absolute atomic E-state index is 0.0527. The summed E-state index contributed by atoms with van der Waals surface area (Å²) in [4.78, 5) is 23.1. The average Bonchev–Trinajstić information content (AvgIpc) is 3.30. The Morgan fingerprint density at radius 2 is 2.14 bits per heavy atom. The van der Waals surface area contributed by atoms with Gasteiger partial charge in [-0.25, -0.2) is 9.97 Å². The van der Waals surface area contributed by atoms with Gasteiger partial charge in [-0.15, -0.1) is 0 Å². The molecule has 1 saturated heterocycles. The van der Waals surface area contributed by atoms with E-state index >= 15 is 0 Å². The van der Waals surface area contributed by atoms with E-state index < -0.39 is 0 Å². The normalized spacial score (nSPS) is 13.9. The number of hydrogen-bond acceptors (Lipinski definition) is 7. The van der Waals surface area contributed by atoms with Crippen LogP contribution in [-0.4, -0.2) is 64.4 Å². The smallest absolute Gasteiger partial charge is 0.254 e. The van der Waals surface area contributed by atoms with E-state index in [1.54, 1.807) is 42.6 Å². The number of carbonyl (C=O) groups is 1. The largest absolute Gasteiger partial charge is 0.495 e. The maximum atomic E-state index is 12.7. The number of H-pyrrole nitrogens is 1. The molecule has 0 bridgehead atoms. The van der Waals surface area contributed by atoms with Gasteiger partial charge in [0, 0.05) is 30.4 Å². The highest BCUT2D eigenvalue weighted by Gasteiger charge is 2.20. The zero-order chi connectivity index (χ0) is 20.2. The molecule has 10 heteroatoms. The van der Waals surface area contributed by atoms with E-state index in [9.17, 15) is 4.79 Å². The Hall–Kier alpha value is -3.17. The van der Waals surface area contributed by atoms with Crippen molar-refractivity contribution in [2.45, 2.75) is 0 Å². The Morgan fingerprint density at radius 1 is 1.31 bits per heavy atom. The third-order valence-corrected chi connectivity index (χ3v) is 4.79. The topological polar surface area (TPSA) is 105 Å². The highest BCUT2D eigenvalue weighted by atomic mass is 35.5. The molecule has 0 unspecified atom stereocenters. The molecule has 1 aliphatic heterocycles. The maximum absolute atomic E-state index is 12.7. The van der Waals surface area contributed by atoms with Gasteiger partial charge < -0.3 is 19.7 Å². The summed E-state index contributed by atoms with van der Waals surface area (Å²) < 4.78 is 10.8. The van der Waals surface area contributed by atoms with E-state index in [1.165, 1.54) is 6.20 Å². The number of ether oxygens (including phenoxy) is 2.